The molecule has 0 unspecified atom stereocenters. The lowest BCUT2D eigenvalue weighted by atomic mass is 10.2. The fourth-order valence-electron chi connectivity index (χ4n) is 2.62. The van der Waals surface area contributed by atoms with E-state index < -0.39 is 10.0 Å². The highest BCUT2D eigenvalue weighted by atomic mass is 35.5. The van der Waals surface area contributed by atoms with Gasteiger partial charge < -0.3 is 9.64 Å². The van der Waals surface area contributed by atoms with E-state index in [0.29, 0.717) is 34.4 Å². The minimum absolute atomic E-state index is 0.0322. The summed E-state index contributed by atoms with van der Waals surface area (Å²) in [4.78, 5) is 14.0. The molecular weight excluding hydrogens is 387 g/mol. The Kier molecular flexibility index (Phi) is 4.92. The van der Waals surface area contributed by atoms with Crippen LogP contribution in [-0.4, -0.2) is 27.5 Å². The molecule has 0 atom stereocenters. The summed E-state index contributed by atoms with van der Waals surface area (Å²) in [5.41, 5.74) is 1.41. The quantitative estimate of drug-likeness (QED) is 0.853. The van der Waals surface area contributed by atoms with Crippen LogP contribution in [0.3, 0.4) is 0 Å². The van der Waals surface area contributed by atoms with Crippen molar-refractivity contribution in [1.82, 2.24) is 0 Å². The average Bonchev–Trinajstić information content (AvgIpc) is 2.96. The molecule has 2 aromatic rings. The second kappa shape index (κ2) is 6.84. The third-order valence-electron chi connectivity index (χ3n) is 3.82. The van der Waals surface area contributed by atoms with Crippen molar-refractivity contribution in [2.75, 3.05) is 18.1 Å². The van der Waals surface area contributed by atoms with E-state index in [2.05, 4.69) is 0 Å². The van der Waals surface area contributed by atoms with Gasteiger partial charge in [0.15, 0.2) is 6.61 Å². The zero-order valence-corrected chi connectivity index (χ0v) is 15.2. The molecule has 0 saturated carbocycles. The molecule has 6 nitrogen and oxygen atoms in total. The summed E-state index contributed by atoms with van der Waals surface area (Å²) in [6, 6.07) is 9.20. The molecule has 0 spiro atoms. The van der Waals surface area contributed by atoms with E-state index in [4.69, 9.17) is 33.1 Å². The second-order valence-electron chi connectivity index (χ2n) is 5.49. The van der Waals surface area contributed by atoms with Crippen molar-refractivity contribution in [1.29, 1.82) is 0 Å². The number of rotatable bonds is 4. The van der Waals surface area contributed by atoms with Crippen molar-refractivity contribution in [3.63, 3.8) is 0 Å². The van der Waals surface area contributed by atoms with Crippen LogP contribution in [0.4, 0.5) is 5.69 Å². The lowest BCUT2D eigenvalue weighted by molar-refractivity contribution is -0.120. The summed E-state index contributed by atoms with van der Waals surface area (Å²) in [6.07, 6.45) is 0.548. The summed E-state index contributed by atoms with van der Waals surface area (Å²) in [5.74, 6) is 0.108. The summed E-state index contributed by atoms with van der Waals surface area (Å²) >= 11 is 11.8. The Morgan fingerprint density at radius 3 is 2.64 bits per heavy atom. The van der Waals surface area contributed by atoms with Crippen LogP contribution in [0.1, 0.15) is 5.56 Å². The maximum atomic E-state index is 12.4. The van der Waals surface area contributed by atoms with Crippen molar-refractivity contribution in [3.8, 4) is 5.75 Å². The molecule has 0 saturated heterocycles. The zero-order chi connectivity index (χ0) is 18.2. The van der Waals surface area contributed by atoms with Gasteiger partial charge in [-0.15, -0.1) is 0 Å². The van der Waals surface area contributed by atoms with Gasteiger partial charge in [-0.25, -0.2) is 13.6 Å². The molecule has 1 aliphatic heterocycles. The third-order valence-corrected chi connectivity index (χ3v) is 5.26. The maximum absolute atomic E-state index is 12.4. The first kappa shape index (κ1) is 18.0. The van der Waals surface area contributed by atoms with Crippen molar-refractivity contribution in [2.45, 2.75) is 11.3 Å². The fourth-order valence-corrected chi connectivity index (χ4v) is 3.65. The highest BCUT2D eigenvalue weighted by Crippen LogP contribution is 2.31. The average molecular weight is 401 g/mol. The number of carbonyl (C=O) groups excluding carboxylic acids is 1. The standard InChI is InChI=1S/C16H14Cl2N2O4S/c17-11-1-4-15(13(18)8-11)24-9-16(21)20-6-5-10-7-12(25(19,22)23)2-3-14(10)20/h1-4,7-8H,5-6,9H2,(H2,19,22,23). The molecule has 2 N–H and O–H groups in total. The van der Waals surface area contributed by atoms with E-state index in [1.165, 1.54) is 18.2 Å². The van der Waals surface area contributed by atoms with Gasteiger partial charge in [-0.05, 0) is 48.4 Å². The molecule has 2 aromatic carbocycles. The number of nitrogens with zero attached hydrogens (tertiary/aromatic N) is 1. The van der Waals surface area contributed by atoms with E-state index >= 15 is 0 Å². The lowest BCUT2D eigenvalue weighted by Gasteiger charge is -2.18. The van der Waals surface area contributed by atoms with Crippen molar-refractivity contribution in [3.05, 3.63) is 52.0 Å². The normalized spacial score (nSPS) is 13.6. The summed E-state index contributed by atoms with van der Waals surface area (Å²) in [5, 5.41) is 5.93. The van der Waals surface area contributed by atoms with Gasteiger partial charge in [0, 0.05) is 17.3 Å². The van der Waals surface area contributed by atoms with Crippen LogP contribution in [0.25, 0.3) is 0 Å². The van der Waals surface area contributed by atoms with Gasteiger partial charge in [-0.1, -0.05) is 23.2 Å². The Morgan fingerprint density at radius 2 is 1.96 bits per heavy atom. The first-order valence-corrected chi connectivity index (χ1v) is 9.60. The van der Waals surface area contributed by atoms with Gasteiger partial charge in [-0.3, -0.25) is 4.79 Å². The number of sulfonamides is 1. The molecule has 1 aliphatic rings. The third kappa shape index (κ3) is 3.90. The van der Waals surface area contributed by atoms with Gasteiger partial charge in [0.05, 0.1) is 9.92 Å². The molecule has 1 heterocycles. The Balaban J connectivity index is 1.73. The Labute approximate surface area is 155 Å². The highest BCUT2D eigenvalue weighted by molar-refractivity contribution is 7.89. The largest absolute Gasteiger partial charge is 0.482 e. The lowest BCUT2D eigenvalue weighted by Crippen LogP contribution is -2.33. The number of nitrogens with two attached hydrogens (primary N) is 1. The Hall–Kier alpha value is -1.80. The topological polar surface area (TPSA) is 89.7 Å². The number of halogens is 2. The van der Waals surface area contributed by atoms with E-state index in [-0.39, 0.29) is 17.4 Å². The van der Waals surface area contributed by atoms with E-state index in [9.17, 15) is 13.2 Å². The number of amides is 1. The smallest absolute Gasteiger partial charge is 0.264 e. The molecule has 0 aromatic heterocycles. The zero-order valence-electron chi connectivity index (χ0n) is 12.9. The van der Waals surface area contributed by atoms with Gasteiger partial charge in [0.2, 0.25) is 10.0 Å². The summed E-state index contributed by atoms with van der Waals surface area (Å²) < 4.78 is 28.3. The van der Waals surface area contributed by atoms with Gasteiger partial charge >= 0.3 is 0 Å². The van der Waals surface area contributed by atoms with Crippen molar-refractivity contribution in [2.24, 2.45) is 5.14 Å². The number of fused-ring (bicyclic) bond motifs is 1. The van der Waals surface area contributed by atoms with Crippen LogP contribution in [0.5, 0.6) is 5.75 Å². The molecule has 132 valence electrons. The summed E-state index contributed by atoms with van der Waals surface area (Å²) in [6.45, 7) is 0.248. The molecule has 3 rings (SSSR count). The number of hydrogen-bond donors (Lipinski definition) is 1. The predicted molar refractivity (Wildman–Crippen MR) is 95.8 cm³/mol. The first-order chi connectivity index (χ1) is 11.8. The molecule has 0 aliphatic carbocycles. The highest BCUT2D eigenvalue weighted by Gasteiger charge is 2.26. The number of ether oxygens (including phenoxy) is 1. The maximum Gasteiger partial charge on any atom is 0.264 e. The molecule has 9 heteroatoms. The van der Waals surface area contributed by atoms with Gasteiger partial charge in [0.1, 0.15) is 5.75 Å². The number of primary sulfonamides is 1. The van der Waals surface area contributed by atoms with Gasteiger partial charge in [-0.2, -0.15) is 0 Å². The van der Waals surface area contributed by atoms with E-state index in [0.717, 1.165) is 5.56 Å². The fraction of sp³-hybridized carbons (Fsp3) is 0.188. The minimum atomic E-state index is -3.77. The monoisotopic (exact) mass is 400 g/mol. The van der Waals surface area contributed by atoms with Crippen LogP contribution in [-0.2, 0) is 21.2 Å². The van der Waals surface area contributed by atoms with Crippen molar-refractivity contribution < 1.29 is 17.9 Å². The Morgan fingerprint density at radius 1 is 1.20 bits per heavy atom. The molecule has 0 bridgehead atoms. The number of hydrogen-bond acceptors (Lipinski definition) is 4. The van der Waals surface area contributed by atoms with Crippen LogP contribution in [0.2, 0.25) is 10.0 Å². The molecular formula is C16H14Cl2N2O4S. The van der Waals surface area contributed by atoms with E-state index in [1.807, 2.05) is 0 Å². The van der Waals surface area contributed by atoms with Crippen LogP contribution >= 0.6 is 23.2 Å². The predicted octanol–water partition coefficient (Wildman–Crippen LogP) is 2.61. The number of carbonyl (C=O) groups is 1. The van der Waals surface area contributed by atoms with Crippen LogP contribution in [0.15, 0.2) is 41.3 Å². The molecule has 1 amide bonds. The first-order valence-electron chi connectivity index (χ1n) is 7.29. The second-order valence-corrected chi connectivity index (χ2v) is 7.90. The van der Waals surface area contributed by atoms with Gasteiger partial charge in [0.25, 0.3) is 5.91 Å². The summed E-state index contributed by atoms with van der Waals surface area (Å²) in [7, 11) is -3.77. The van der Waals surface area contributed by atoms with Crippen molar-refractivity contribution >= 4 is 44.8 Å². The molecule has 0 radical (unpaired) electrons. The van der Waals surface area contributed by atoms with Crippen LogP contribution < -0.4 is 14.8 Å². The molecule has 25 heavy (non-hydrogen) atoms. The SMILES string of the molecule is NS(=O)(=O)c1ccc2c(c1)CCN2C(=O)COc1ccc(Cl)cc1Cl. The Bertz CT molecular complexity index is 947. The van der Waals surface area contributed by atoms with E-state index in [1.54, 1.807) is 23.1 Å². The minimum Gasteiger partial charge on any atom is -0.482 e. The number of anilines is 1. The molecule has 0 fully saturated rings. The van der Waals surface area contributed by atoms with Crippen LogP contribution in [0, 0.1) is 0 Å². The number of benzene rings is 2.